The van der Waals surface area contributed by atoms with Crippen molar-refractivity contribution in [2.24, 2.45) is 0 Å². The Labute approximate surface area is 192 Å². The normalized spacial score (nSPS) is 10.9. The van der Waals surface area contributed by atoms with E-state index in [2.05, 4.69) is 9.97 Å². The minimum absolute atomic E-state index is 0.287. The van der Waals surface area contributed by atoms with E-state index >= 15 is 0 Å². The fourth-order valence-corrected chi connectivity index (χ4v) is 3.54. The van der Waals surface area contributed by atoms with E-state index in [1.807, 2.05) is 36.7 Å². The lowest BCUT2D eigenvalue weighted by Gasteiger charge is -2.07. The van der Waals surface area contributed by atoms with Gasteiger partial charge in [0.05, 0.1) is 6.61 Å². The molecule has 0 radical (unpaired) electrons. The van der Waals surface area contributed by atoms with Gasteiger partial charge in [-0.05, 0) is 68.4 Å². The summed E-state index contributed by atoms with van der Waals surface area (Å²) >= 11 is 0. The van der Waals surface area contributed by atoms with Crippen LogP contribution in [0.3, 0.4) is 0 Å². The second kappa shape index (κ2) is 16.2. The predicted octanol–water partition coefficient (Wildman–Crippen LogP) is 6.09. The molecule has 0 bridgehead atoms. The van der Waals surface area contributed by atoms with E-state index in [-0.39, 0.29) is 6.42 Å². The van der Waals surface area contributed by atoms with E-state index in [0.717, 1.165) is 100 Å². The van der Waals surface area contributed by atoms with Crippen LogP contribution in [0.5, 0.6) is 5.75 Å². The van der Waals surface area contributed by atoms with Crippen LogP contribution in [0.4, 0.5) is 0 Å². The molecule has 32 heavy (non-hydrogen) atoms. The second-order valence-electron chi connectivity index (χ2n) is 8.21. The molecule has 0 aliphatic rings. The molecule has 0 saturated heterocycles. The molecular weight excluding hydrogens is 404 g/mol. The molecule has 6 heteroatoms. The lowest BCUT2D eigenvalue weighted by molar-refractivity contribution is -0.137. The molecule has 1 aromatic carbocycles. The van der Waals surface area contributed by atoms with E-state index in [1.54, 1.807) is 7.11 Å². The number of hydrogen-bond donors (Lipinski definition) is 1. The molecule has 0 spiro atoms. The Hall–Kier alpha value is -2.47. The zero-order chi connectivity index (χ0) is 22.9. The van der Waals surface area contributed by atoms with E-state index in [1.165, 1.54) is 6.42 Å². The van der Waals surface area contributed by atoms with Gasteiger partial charge in [0.2, 0.25) is 0 Å². The first kappa shape index (κ1) is 25.8. The van der Waals surface area contributed by atoms with Gasteiger partial charge in [0.1, 0.15) is 5.75 Å². The highest BCUT2D eigenvalue weighted by molar-refractivity contribution is 5.66. The van der Waals surface area contributed by atoms with Crippen molar-refractivity contribution < 1.29 is 19.4 Å². The van der Waals surface area contributed by atoms with E-state index < -0.39 is 5.97 Å². The lowest BCUT2D eigenvalue weighted by atomic mass is 10.1. The summed E-state index contributed by atoms with van der Waals surface area (Å²) in [5, 5.41) is 8.63. The van der Waals surface area contributed by atoms with Crippen LogP contribution in [0.2, 0.25) is 0 Å². The number of nitrogens with zero attached hydrogens (tertiary/aromatic N) is 2. The minimum Gasteiger partial charge on any atom is -0.494 e. The Morgan fingerprint density at radius 1 is 0.812 bits per heavy atom. The van der Waals surface area contributed by atoms with Crippen LogP contribution in [-0.4, -0.2) is 41.4 Å². The number of carbonyl (C=O) groups is 1. The topological polar surface area (TPSA) is 81.5 Å². The number of methoxy groups -OCH3 is 1. The van der Waals surface area contributed by atoms with E-state index in [4.69, 9.17) is 14.6 Å². The summed E-state index contributed by atoms with van der Waals surface area (Å²) in [4.78, 5) is 19.5. The summed E-state index contributed by atoms with van der Waals surface area (Å²) in [7, 11) is 1.74. The number of aryl methyl sites for hydroxylation is 1. The third kappa shape index (κ3) is 11.2. The number of aromatic nitrogens is 2. The maximum Gasteiger partial charge on any atom is 0.303 e. The number of unbranched alkanes of at least 4 members (excludes halogenated alkanes) is 8. The Bertz CT molecular complexity index is 747. The molecule has 0 saturated carbocycles. The van der Waals surface area contributed by atoms with Crippen molar-refractivity contribution >= 4 is 5.97 Å². The molecular formula is C26H38N2O4. The maximum absolute atomic E-state index is 10.5. The first-order valence-electron chi connectivity index (χ1n) is 11.9. The molecule has 1 N–H and O–H groups in total. The predicted molar refractivity (Wildman–Crippen MR) is 127 cm³/mol. The van der Waals surface area contributed by atoms with Gasteiger partial charge in [0.15, 0.2) is 5.82 Å². The Morgan fingerprint density at radius 3 is 2.06 bits per heavy atom. The average molecular weight is 443 g/mol. The standard InChI is InChI=1S/C26H38N2O4/c1-31-18-10-6-7-11-19-32-24-16-14-23(15-17-24)26-27-20-22(21-28-26)12-8-4-2-3-5-9-13-25(29)30/h14-17,20-21H,2-13,18-19H2,1H3,(H,29,30). The summed E-state index contributed by atoms with van der Waals surface area (Å²) in [5.41, 5.74) is 2.15. The largest absolute Gasteiger partial charge is 0.494 e. The third-order valence-corrected chi connectivity index (χ3v) is 5.44. The quantitative estimate of drug-likeness (QED) is 0.281. The van der Waals surface area contributed by atoms with Gasteiger partial charge in [0, 0.05) is 38.1 Å². The number of benzene rings is 1. The molecule has 0 aliphatic heterocycles. The number of hydrogen-bond acceptors (Lipinski definition) is 5. The molecule has 6 nitrogen and oxygen atoms in total. The fraction of sp³-hybridized carbons (Fsp3) is 0.577. The van der Waals surface area contributed by atoms with Crippen molar-refractivity contribution in [1.82, 2.24) is 9.97 Å². The highest BCUT2D eigenvalue weighted by Gasteiger charge is 2.03. The summed E-state index contributed by atoms with van der Waals surface area (Å²) in [6.45, 7) is 1.57. The van der Waals surface area contributed by atoms with Crippen molar-refractivity contribution in [3.8, 4) is 17.1 Å². The molecule has 0 fully saturated rings. The Balaban J connectivity index is 1.62. The molecule has 176 valence electrons. The SMILES string of the molecule is COCCCCCCOc1ccc(-c2ncc(CCCCCCCCC(=O)O)cn2)cc1. The van der Waals surface area contributed by atoms with Crippen molar-refractivity contribution in [2.75, 3.05) is 20.3 Å². The van der Waals surface area contributed by atoms with Crippen molar-refractivity contribution in [3.05, 3.63) is 42.2 Å². The van der Waals surface area contributed by atoms with Gasteiger partial charge in [-0.25, -0.2) is 9.97 Å². The lowest BCUT2D eigenvalue weighted by Crippen LogP contribution is -1.98. The zero-order valence-electron chi connectivity index (χ0n) is 19.4. The molecule has 0 amide bonds. The van der Waals surface area contributed by atoms with Gasteiger partial charge in [-0.2, -0.15) is 0 Å². The Morgan fingerprint density at radius 2 is 1.41 bits per heavy atom. The molecule has 2 rings (SSSR count). The molecule has 0 unspecified atom stereocenters. The molecule has 0 aliphatic carbocycles. The van der Waals surface area contributed by atoms with Crippen molar-refractivity contribution in [3.63, 3.8) is 0 Å². The van der Waals surface area contributed by atoms with Gasteiger partial charge >= 0.3 is 5.97 Å². The van der Waals surface area contributed by atoms with Crippen LogP contribution in [-0.2, 0) is 16.0 Å². The first-order chi connectivity index (χ1) is 15.7. The van der Waals surface area contributed by atoms with Crippen LogP contribution in [0, 0.1) is 0 Å². The van der Waals surface area contributed by atoms with Gasteiger partial charge in [0.25, 0.3) is 0 Å². The van der Waals surface area contributed by atoms with Gasteiger partial charge < -0.3 is 14.6 Å². The number of aliphatic carboxylic acids is 1. The number of ether oxygens (including phenoxy) is 2. The van der Waals surface area contributed by atoms with Crippen LogP contribution < -0.4 is 4.74 Å². The molecule has 0 atom stereocenters. The number of carboxylic acid groups (broad SMARTS) is 1. The number of rotatable bonds is 18. The van der Waals surface area contributed by atoms with Gasteiger partial charge in [-0.15, -0.1) is 0 Å². The fourth-order valence-electron chi connectivity index (χ4n) is 3.54. The molecule has 2 aromatic rings. The summed E-state index contributed by atoms with van der Waals surface area (Å²) in [5.74, 6) is 0.917. The minimum atomic E-state index is -0.697. The van der Waals surface area contributed by atoms with Crippen molar-refractivity contribution in [2.45, 2.75) is 77.0 Å². The highest BCUT2D eigenvalue weighted by Crippen LogP contribution is 2.20. The van der Waals surface area contributed by atoms with Crippen molar-refractivity contribution in [1.29, 1.82) is 0 Å². The van der Waals surface area contributed by atoms with Crippen LogP contribution >= 0.6 is 0 Å². The summed E-state index contributed by atoms with van der Waals surface area (Å²) < 4.78 is 10.9. The zero-order valence-corrected chi connectivity index (χ0v) is 19.4. The summed E-state index contributed by atoms with van der Waals surface area (Å²) in [6, 6.07) is 7.97. The van der Waals surface area contributed by atoms with E-state index in [9.17, 15) is 4.79 Å². The van der Waals surface area contributed by atoms with E-state index in [0.29, 0.717) is 0 Å². The first-order valence-corrected chi connectivity index (χ1v) is 11.9. The molecule has 1 heterocycles. The third-order valence-electron chi connectivity index (χ3n) is 5.44. The summed E-state index contributed by atoms with van der Waals surface area (Å²) in [6.07, 6.45) is 15.9. The van der Waals surface area contributed by atoms with Gasteiger partial charge in [-0.1, -0.05) is 32.1 Å². The van der Waals surface area contributed by atoms with Crippen LogP contribution in [0.25, 0.3) is 11.4 Å². The van der Waals surface area contributed by atoms with Crippen LogP contribution in [0.15, 0.2) is 36.7 Å². The Kier molecular flexibility index (Phi) is 13.1. The van der Waals surface area contributed by atoms with Gasteiger partial charge in [-0.3, -0.25) is 4.79 Å². The number of carboxylic acids is 1. The second-order valence-corrected chi connectivity index (χ2v) is 8.21. The monoisotopic (exact) mass is 442 g/mol. The maximum atomic E-state index is 10.5. The molecule has 1 aromatic heterocycles. The highest BCUT2D eigenvalue weighted by atomic mass is 16.5. The average Bonchev–Trinajstić information content (AvgIpc) is 2.81. The van der Waals surface area contributed by atoms with Crippen LogP contribution in [0.1, 0.15) is 76.2 Å². The smallest absolute Gasteiger partial charge is 0.303 e.